The summed E-state index contributed by atoms with van der Waals surface area (Å²) in [7, 11) is 0. The van der Waals surface area contributed by atoms with Gasteiger partial charge in [0, 0.05) is 6.54 Å². The zero-order valence-electron chi connectivity index (χ0n) is 11.0. The molecule has 4 nitrogen and oxygen atoms in total. The van der Waals surface area contributed by atoms with Crippen LogP contribution in [-0.2, 0) is 4.79 Å². The molecule has 1 saturated heterocycles. The van der Waals surface area contributed by atoms with Crippen molar-refractivity contribution >= 4 is 11.9 Å². The van der Waals surface area contributed by atoms with Gasteiger partial charge in [-0.2, -0.15) is 0 Å². The molecule has 1 aliphatic carbocycles. The van der Waals surface area contributed by atoms with E-state index in [1.54, 1.807) is 0 Å². The highest BCUT2D eigenvalue weighted by Crippen LogP contribution is 2.38. The summed E-state index contributed by atoms with van der Waals surface area (Å²) < 4.78 is 0. The van der Waals surface area contributed by atoms with Crippen molar-refractivity contribution in [2.45, 2.75) is 52.0 Å². The van der Waals surface area contributed by atoms with Gasteiger partial charge in [-0.05, 0) is 37.5 Å². The number of hydrogen-bond donors (Lipinski definition) is 2. The molecule has 0 aromatic heterocycles. The fourth-order valence-electron chi connectivity index (χ4n) is 2.99. The molecule has 2 rings (SSSR count). The third-order valence-electron chi connectivity index (χ3n) is 4.10. The number of carbonyl (C=O) groups is 1. The number of carbonyl (C=O) groups excluding carboxylic acids is 1. The first-order valence-corrected chi connectivity index (χ1v) is 6.72. The molecular weight excluding hydrogens is 214 g/mol. The van der Waals surface area contributed by atoms with Crippen molar-refractivity contribution in [3.05, 3.63) is 0 Å². The van der Waals surface area contributed by atoms with E-state index < -0.39 is 0 Å². The molecule has 3 unspecified atom stereocenters. The Morgan fingerprint density at radius 3 is 2.88 bits per heavy atom. The van der Waals surface area contributed by atoms with Crippen LogP contribution in [0.25, 0.3) is 0 Å². The van der Waals surface area contributed by atoms with Gasteiger partial charge in [-0.1, -0.05) is 20.8 Å². The van der Waals surface area contributed by atoms with Gasteiger partial charge in [-0.25, -0.2) is 0 Å². The van der Waals surface area contributed by atoms with Gasteiger partial charge < -0.3 is 5.32 Å². The first-order chi connectivity index (χ1) is 8.08. The second-order valence-electron chi connectivity index (χ2n) is 5.56. The molecule has 1 heterocycles. The molecule has 0 aromatic carbocycles. The van der Waals surface area contributed by atoms with Crippen molar-refractivity contribution in [1.82, 2.24) is 10.6 Å². The minimum Gasteiger partial charge on any atom is -0.341 e. The molecule has 17 heavy (non-hydrogen) atoms. The van der Waals surface area contributed by atoms with Crippen LogP contribution in [0.1, 0.15) is 46.5 Å². The second-order valence-corrected chi connectivity index (χ2v) is 5.56. The van der Waals surface area contributed by atoms with Gasteiger partial charge in [-0.15, -0.1) is 0 Å². The predicted octanol–water partition coefficient (Wildman–Crippen LogP) is 1.67. The largest absolute Gasteiger partial charge is 0.341 e. The molecule has 4 heteroatoms. The normalized spacial score (nSPS) is 39.5. The third-order valence-corrected chi connectivity index (χ3v) is 4.10. The maximum atomic E-state index is 12.2. The fourth-order valence-corrected chi connectivity index (χ4v) is 2.99. The molecule has 0 radical (unpaired) electrons. The average Bonchev–Trinajstić information content (AvgIpc) is 2.60. The smallest absolute Gasteiger partial charge is 0.252 e. The number of amides is 1. The lowest BCUT2D eigenvalue weighted by Gasteiger charge is -2.39. The zero-order valence-corrected chi connectivity index (χ0v) is 11.0. The van der Waals surface area contributed by atoms with Crippen molar-refractivity contribution in [2.24, 2.45) is 16.8 Å². The van der Waals surface area contributed by atoms with Crippen molar-refractivity contribution in [1.29, 1.82) is 0 Å². The van der Waals surface area contributed by atoms with Crippen molar-refractivity contribution in [2.75, 3.05) is 6.54 Å². The second kappa shape index (κ2) is 4.67. The SMILES string of the molecule is CCCN=C1NC(=O)C2(CCC(C)CC2C)N1. The van der Waals surface area contributed by atoms with E-state index in [-0.39, 0.29) is 11.4 Å². The van der Waals surface area contributed by atoms with E-state index in [4.69, 9.17) is 0 Å². The van der Waals surface area contributed by atoms with Gasteiger partial charge in [0.1, 0.15) is 5.54 Å². The van der Waals surface area contributed by atoms with Crippen LogP contribution in [0.3, 0.4) is 0 Å². The number of rotatable bonds is 2. The Morgan fingerprint density at radius 1 is 1.47 bits per heavy atom. The maximum Gasteiger partial charge on any atom is 0.252 e. The van der Waals surface area contributed by atoms with E-state index >= 15 is 0 Å². The zero-order chi connectivity index (χ0) is 12.5. The van der Waals surface area contributed by atoms with E-state index in [1.165, 1.54) is 0 Å². The van der Waals surface area contributed by atoms with Crippen LogP contribution in [-0.4, -0.2) is 24.0 Å². The van der Waals surface area contributed by atoms with Gasteiger partial charge in [0.2, 0.25) is 0 Å². The predicted molar refractivity (Wildman–Crippen MR) is 68.8 cm³/mol. The lowest BCUT2D eigenvalue weighted by atomic mass is 9.70. The number of aliphatic imine (C=N–C) groups is 1. The summed E-state index contributed by atoms with van der Waals surface area (Å²) in [6, 6.07) is 0. The molecule has 0 bridgehead atoms. The first kappa shape index (κ1) is 12.4. The Kier molecular flexibility index (Phi) is 3.40. The molecule has 1 amide bonds. The summed E-state index contributed by atoms with van der Waals surface area (Å²) in [6.07, 6.45) is 4.15. The lowest BCUT2D eigenvalue weighted by molar-refractivity contribution is -0.127. The van der Waals surface area contributed by atoms with Gasteiger partial charge >= 0.3 is 0 Å². The van der Waals surface area contributed by atoms with Crippen molar-refractivity contribution < 1.29 is 4.79 Å². The van der Waals surface area contributed by atoms with Crippen LogP contribution in [0, 0.1) is 11.8 Å². The number of nitrogens with zero attached hydrogens (tertiary/aromatic N) is 1. The fraction of sp³-hybridized carbons (Fsp3) is 0.846. The van der Waals surface area contributed by atoms with Gasteiger partial charge in [0.05, 0.1) is 0 Å². The number of guanidine groups is 1. The van der Waals surface area contributed by atoms with Crippen LogP contribution < -0.4 is 10.6 Å². The summed E-state index contributed by atoms with van der Waals surface area (Å²) >= 11 is 0. The lowest BCUT2D eigenvalue weighted by Crippen LogP contribution is -2.54. The highest BCUT2D eigenvalue weighted by atomic mass is 16.2. The Bertz CT molecular complexity index is 340. The van der Waals surface area contributed by atoms with Crippen LogP contribution in [0.5, 0.6) is 0 Å². The Balaban J connectivity index is 2.13. The number of hydrogen-bond acceptors (Lipinski definition) is 2. The van der Waals surface area contributed by atoms with Gasteiger partial charge in [0.15, 0.2) is 5.96 Å². The van der Waals surface area contributed by atoms with E-state index in [2.05, 4.69) is 36.4 Å². The maximum absolute atomic E-state index is 12.2. The number of nitrogens with one attached hydrogen (secondary N) is 2. The molecule has 96 valence electrons. The molecule has 1 saturated carbocycles. The van der Waals surface area contributed by atoms with Crippen LogP contribution in [0.2, 0.25) is 0 Å². The summed E-state index contributed by atoms with van der Waals surface area (Å²) in [5, 5.41) is 6.24. The Hall–Kier alpha value is -1.06. The van der Waals surface area contributed by atoms with E-state index in [0.717, 1.165) is 38.1 Å². The van der Waals surface area contributed by atoms with Crippen molar-refractivity contribution in [3.8, 4) is 0 Å². The van der Waals surface area contributed by atoms with Crippen LogP contribution in [0.15, 0.2) is 4.99 Å². The van der Waals surface area contributed by atoms with Gasteiger partial charge in [0.25, 0.3) is 5.91 Å². The topological polar surface area (TPSA) is 53.5 Å². The summed E-state index contributed by atoms with van der Waals surface area (Å²) in [5.74, 6) is 1.90. The minimum absolute atomic E-state index is 0.117. The molecular formula is C13H23N3O. The molecule has 0 aromatic rings. The van der Waals surface area contributed by atoms with E-state index in [0.29, 0.717) is 11.9 Å². The Labute approximate surface area is 103 Å². The third kappa shape index (κ3) is 2.17. The first-order valence-electron chi connectivity index (χ1n) is 6.72. The standard InChI is InChI=1S/C13H23N3O/c1-4-7-14-12-15-11(17)13(16-12)6-5-9(2)8-10(13)3/h9-10H,4-8H2,1-3H3,(H2,14,15,16,17). The van der Waals surface area contributed by atoms with E-state index in [1.807, 2.05) is 0 Å². The van der Waals surface area contributed by atoms with Gasteiger partial charge in [-0.3, -0.25) is 15.1 Å². The molecule has 1 aliphatic heterocycles. The van der Waals surface area contributed by atoms with Crippen LogP contribution >= 0.6 is 0 Å². The summed E-state index contributed by atoms with van der Waals surface area (Å²) in [4.78, 5) is 16.6. The highest BCUT2D eigenvalue weighted by molar-refractivity contribution is 6.09. The molecule has 2 fully saturated rings. The quantitative estimate of drug-likeness (QED) is 0.767. The van der Waals surface area contributed by atoms with E-state index in [9.17, 15) is 4.79 Å². The molecule has 2 N–H and O–H groups in total. The molecule has 2 aliphatic rings. The average molecular weight is 237 g/mol. The van der Waals surface area contributed by atoms with Crippen molar-refractivity contribution in [3.63, 3.8) is 0 Å². The monoisotopic (exact) mass is 237 g/mol. The minimum atomic E-state index is -0.390. The molecule has 3 atom stereocenters. The summed E-state index contributed by atoms with van der Waals surface area (Å²) in [5.41, 5.74) is -0.390. The molecule has 1 spiro atoms. The van der Waals surface area contributed by atoms with Crippen LogP contribution in [0.4, 0.5) is 0 Å². The highest BCUT2D eigenvalue weighted by Gasteiger charge is 2.51. The Morgan fingerprint density at radius 2 is 2.24 bits per heavy atom. The summed E-state index contributed by atoms with van der Waals surface area (Å²) in [6.45, 7) is 7.29.